The van der Waals surface area contributed by atoms with Crippen molar-refractivity contribution in [1.29, 1.82) is 0 Å². The van der Waals surface area contributed by atoms with Gasteiger partial charge in [-0.25, -0.2) is 13.1 Å². The minimum absolute atomic E-state index is 0.0305. The molecule has 0 spiro atoms. The first-order chi connectivity index (χ1) is 11.4. The summed E-state index contributed by atoms with van der Waals surface area (Å²) in [7, 11) is -3.80. The van der Waals surface area contributed by atoms with Gasteiger partial charge in [0.2, 0.25) is 15.9 Å². The Morgan fingerprint density at radius 2 is 2.04 bits per heavy atom. The maximum Gasteiger partial charge on any atom is 0.269 e. The van der Waals surface area contributed by atoms with Gasteiger partial charge in [0.25, 0.3) is 5.69 Å². The largest absolute Gasteiger partial charge is 0.352 e. The van der Waals surface area contributed by atoms with E-state index < -0.39 is 14.9 Å². The van der Waals surface area contributed by atoms with Crippen LogP contribution in [0.4, 0.5) is 5.69 Å². The number of carbonyl (C=O) groups is 1. The first-order valence-electron chi connectivity index (χ1n) is 7.63. The second-order valence-electron chi connectivity index (χ2n) is 5.51. The number of nitrogens with one attached hydrogen (secondary N) is 3. The van der Waals surface area contributed by atoms with E-state index in [2.05, 4.69) is 15.4 Å². The van der Waals surface area contributed by atoms with Crippen LogP contribution in [0.1, 0.15) is 19.3 Å². The van der Waals surface area contributed by atoms with Crippen molar-refractivity contribution in [2.45, 2.75) is 30.2 Å². The molecule has 24 heavy (non-hydrogen) atoms. The summed E-state index contributed by atoms with van der Waals surface area (Å²) in [5.74, 6) is -0.213. The number of nitrogens with zero attached hydrogens (tertiary/aromatic N) is 1. The van der Waals surface area contributed by atoms with Crippen LogP contribution in [0.3, 0.4) is 0 Å². The van der Waals surface area contributed by atoms with E-state index in [-0.39, 0.29) is 35.5 Å². The fraction of sp³-hybridized carbons (Fsp3) is 0.500. The Hall–Kier alpha value is -2.04. The zero-order valence-electron chi connectivity index (χ0n) is 13.0. The molecule has 0 aliphatic carbocycles. The molecule has 0 bridgehead atoms. The summed E-state index contributed by atoms with van der Waals surface area (Å²) in [6, 6.07) is 4.65. The highest BCUT2D eigenvalue weighted by Crippen LogP contribution is 2.15. The number of hydrogen-bond donors (Lipinski definition) is 3. The molecule has 1 saturated heterocycles. The molecule has 0 aromatic heterocycles. The van der Waals surface area contributed by atoms with Crippen LogP contribution in [0.5, 0.6) is 0 Å². The van der Waals surface area contributed by atoms with E-state index >= 15 is 0 Å². The lowest BCUT2D eigenvalue weighted by Gasteiger charge is -2.23. The number of nitro groups is 1. The number of nitro benzene ring substituents is 1. The maximum absolute atomic E-state index is 12.1. The molecule has 10 heteroatoms. The topological polar surface area (TPSA) is 130 Å². The SMILES string of the molecule is O=C(CCNS(=O)(=O)c1ccc([N+](=O)[O-])cc1)NC1CCCNC1. The molecule has 1 atom stereocenters. The highest BCUT2D eigenvalue weighted by molar-refractivity contribution is 7.89. The number of benzene rings is 1. The predicted molar refractivity (Wildman–Crippen MR) is 86.9 cm³/mol. The Morgan fingerprint density at radius 3 is 2.62 bits per heavy atom. The number of piperidine rings is 1. The second kappa shape index (κ2) is 8.18. The highest BCUT2D eigenvalue weighted by Gasteiger charge is 2.18. The van der Waals surface area contributed by atoms with Gasteiger partial charge in [0, 0.05) is 37.7 Å². The summed E-state index contributed by atoms with van der Waals surface area (Å²) in [6.45, 7) is 1.63. The van der Waals surface area contributed by atoms with E-state index in [9.17, 15) is 23.3 Å². The van der Waals surface area contributed by atoms with Gasteiger partial charge in [-0.15, -0.1) is 0 Å². The zero-order chi connectivity index (χ0) is 17.6. The lowest BCUT2D eigenvalue weighted by molar-refractivity contribution is -0.384. The molecule has 3 N–H and O–H groups in total. The van der Waals surface area contributed by atoms with Crippen LogP contribution in [-0.4, -0.2) is 44.9 Å². The predicted octanol–water partition coefficient (Wildman–Crippen LogP) is 0.131. The Labute approximate surface area is 140 Å². The third-order valence-electron chi connectivity index (χ3n) is 3.66. The molecule has 1 aromatic carbocycles. The van der Waals surface area contributed by atoms with Crippen LogP contribution in [0, 0.1) is 10.1 Å². The summed E-state index contributed by atoms with van der Waals surface area (Å²) in [6.07, 6.45) is 1.94. The molecule has 1 fully saturated rings. The summed E-state index contributed by atoms with van der Waals surface area (Å²) in [4.78, 5) is 21.7. The molecule has 0 saturated carbocycles. The number of rotatable bonds is 7. The van der Waals surface area contributed by atoms with Gasteiger partial charge in [0.05, 0.1) is 9.82 Å². The lowest BCUT2D eigenvalue weighted by Crippen LogP contribution is -2.46. The fourth-order valence-electron chi connectivity index (χ4n) is 2.40. The average Bonchev–Trinajstić information content (AvgIpc) is 2.55. The van der Waals surface area contributed by atoms with Crippen molar-refractivity contribution in [2.75, 3.05) is 19.6 Å². The van der Waals surface area contributed by atoms with Crippen molar-refractivity contribution in [3.05, 3.63) is 34.4 Å². The van der Waals surface area contributed by atoms with Gasteiger partial charge < -0.3 is 10.6 Å². The summed E-state index contributed by atoms with van der Waals surface area (Å²) >= 11 is 0. The minimum Gasteiger partial charge on any atom is -0.352 e. The van der Waals surface area contributed by atoms with Crippen LogP contribution in [0.15, 0.2) is 29.2 Å². The summed E-state index contributed by atoms with van der Waals surface area (Å²) in [5, 5.41) is 16.6. The minimum atomic E-state index is -3.80. The smallest absolute Gasteiger partial charge is 0.269 e. The van der Waals surface area contributed by atoms with Gasteiger partial charge in [-0.05, 0) is 31.5 Å². The van der Waals surface area contributed by atoms with Crippen molar-refractivity contribution in [3.63, 3.8) is 0 Å². The van der Waals surface area contributed by atoms with Gasteiger partial charge >= 0.3 is 0 Å². The molecule has 1 heterocycles. The van der Waals surface area contributed by atoms with Gasteiger partial charge in [0.1, 0.15) is 0 Å². The maximum atomic E-state index is 12.1. The van der Waals surface area contributed by atoms with Crippen molar-refractivity contribution < 1.29 is 18.1 Å². The quantitative estimate of drug-likeness (QED) is 0.470. The van der Waals surface area contributed by atoms with E-state index in [1.165, 1.54) is 0 Å². The van der Waals surface area contributed by atoms with Crippen molar-refractivity contribution in [2.24, 2.45) is 0 Å². The molecular formula is C14H20N4O5S. The van der Waals surface area contributed by atoms with Gasteiger partial charge in [0.15, 0.2) is 0 Å². The van der Waals surface area contributed by atoms with Crippen molar-refractivity contribution >= 4 is 21.6 Å². The van der Waals surface area contributed by atoms with Gasteiger partial charge in [-0.2, -0.15) is 0 Å². The van der Waals surface area contributed by atoms with Crippen LogP contribution >= 0.6 is 0 Å². The first kappa shape index (κ1) is 18.3. The molecule has 1 unspecified atom stereocenters. The molecule has 1 aliphatic rings. The van der Waals surface area contributed by atoms with Crippen LogP contribution in [0.2, 0.25) is 0 Å². The van der Waals surface area contributed by atoms with Crippen molar-refractivity contribution in [1.82, 2.24) is 15.4 Å². The first-order valence-corrected chi connectivity index (χ1v) is 9.11. The molecule has 2 rings (SSSR count). The van der Waals surface area contributed by atoms with E-state index in [1.807, 2.05) is 0 Å². The van der Waals surface area contributed by atoms with E-state index in [0.29, 0.717) is 0 Å². The normalized spacial score (nSPS) is 18.1. The van der Waals surface area contributed by atoms with Crippen LogP contribution in [0.25, 0.3) is 0 Å². The lowest BCUT2D eigenvalue weighted by atomic mass is 10.1. The fourth-order valence-corrected chi connectivity index (χ4v) is 3.44. The van der Waals surface area contributed by atoms with Gasteiger partial charge in [-0.3, -0.25) is 14.9 Å². The number of amides is 1. The highest BCUT2D eigenvalue weighted by atomic mass is 32.2. The summed E-state index contributed by atoms with van der Waals surface area (Å²) < 4.78 is 26.4. The molecule has 9 nitrogen and oxygen atoms in total. The third kappa shape index (κ3) is 5.25. The average molecular weight is 356 g/mol. The molecule has 1 aromatic rings. The number of carbonyl (C=O) groups excluding carboxylic acids is 1. The van der Waals surface area contributed by atoms with Crippen LogP contribution in [-0.2, 0) is 14.8 Å². The Bertz CT molecular complexity index is 684. The van der Waals surface area contributed by atoms with Crippen LogP contribution < -0.4 is 15.4 Å². The Kier molecular flexibility index (Phi) is 6.23. The zero-order valence-corrected chi connectivity index (χ0v) is 13.8. The van der Waals surface area contributed by atoms with Crippen molar-refractivity contribution in [3.8, 4) is 0 Å². The van der Waals surface area contributed by atoms with Gasteiger partial charge in [-0.1, -0.05) is 0 Å². The molecule has 132 valence electrons. The Balaban J connectivity index is 1.81. The van der Waals surface area contributed by atoms with E-state index in [0.717, 1.165) is 50.2 Å². The molecule has 0 radical (unpaired) electrons. The monoisotopic (exact) mass is 356 g/mol. The number of non-ortho nitro benzene ring substituents is 1. The standard InChI is InChI=1S/C14H20N4O5S/c19-14(17-11-2-1-8-15-10-11)7-9-16-24(22,23)13-5-3-12(4-6-13)18(20)21/h3-6,11,15-16H,1-2,7-10H2,(H,17,19). The van der Waals surface area contributed by atoms with E-state index in [1.54, 1.807) is 0 Å². The molecule has 1 amide bonds. The second-order valence-corrected chi connectivity index (χ2v) is 7.28. The number of sulfonamides is 1. The number of hydrogen-bond acceptors (Lipinski definition) is 6. The van der Waals surface area contributed by atoms with E-state index in [4.69, 9.17) is 0 Å². The molecule has 1 aliphatic heterocycles. The molecular weight excluding hydrogens is 336 g/mol. The Morgan fingerprint density at radius 1 is 1.33 bits per heavy atom. The summed E-state index contributed by atoms with van der Waals surface area (Å²) in [5.41, 5.74) is -0.186. The third-order valence-corrected chi connectivity index (χ3v) is 5.14.